The topological polar surface area (TPSA) is 29.9 Å². The molecule has 0 saturated carbocycles. The molecule has 0 aliphatic rings. The Morgan fingerprint density at radius 2 is 2.12 bits per heavy atom. The Balaban J connectivity index is 2.58. The van der Waals surface area contributed by atoms with E-state index in [1.165, 1.54) is 24.8 Å². The molecular weight excluding hydrogens is 198 g/mol. The number of nitrogens with zero attached hydrogens (tertiary/aromatic N) is 2. The third-order valence-electron chi connectivity index (χ3n) is 2.92. The van der Waals surface area contributed by atoms with Gasteiger partial charge in [0.2, 0.25) is 0 Å². The van der Waals surface area contributed by atoms with Crippen molar-refractivity contribution in [3.63, 3.8) is 0 Å². The highest BCUT2D eigenvalue weighted by Crippen LogP contribution is 2.15. The molecule has 1 aromatic heterocycles. The highest BCUT2D eigenvalue weighted by molar-refractivity contribution is 5.15. The Morgan fingerprint density at radius 1 is 1.38 bits per heavy atom. The molecule has 0 bridgehead atoms. The van der Waals surface area contributed by atoms with Crippen LogP contribution in [0, 0.1) is 6.92 Å². The minimum Gasteiger partial charge on any atom is -0.313 e. The normalized spacial score (nSPS) is 13.0. The molecule has 1 atom stereocenters. The van der Waals surface area contributed by atoms with E-state index in [-0.39, 0.29) is 0 Å². The van der Waals surface area contributed by atoms with E-state index in [2.05, 4.69) is 49.0 Å². The molecule has 1 N–H and O–H groups in total. The molecule has 1 rings (SSSR count). The third-order valence-corrected chi connectivity index (χ3v) is 2.92. The van der Waals surface area contributed by atoms with E-state index in [0.717, 1.165) is 18.8 Å². The van der Waals surface area contributed by atoms with Crippen molar-refractivity contribution in [2.45, 2.75) is 59.5 Å². The molecule has 3 heteroatoms. The van der Waals surface area contributed by atoms with Gasteiger partial charge in [0.25, 0.3) is 0 Å². The average molecular weight is 223 g/mol. The molecule has 0 aromatic carbocycles. The highest BCUT2D eigenvalue weighted by atomic mass is 15.3. The van der Waals surface area contributed by atoms with E-state index >= 15 is 0 Å². The lowest BCUT2D eigenvalue weighted by molar-refractivity contribution is 0.452. The van der Waals surface area contributed by atoms with Crippen LogP contribution in [0.4, 0.5) is 0 Å². The van der Waals surface area contributed by atoms with E-state index < -0.39 is 0 Å². The van der Waals surface area contributed by atoms with Crippen LogP contribution in [0.15, 0.2) is 6.20 Å². The largest absolute Gasteiger partial charge is 0.313 e. The van der Waals surface area contributed by atoms with E-state index in [1.807, 2.05) is 0 Å². The van der Waals surface area contributed by atoms with Gasteiger partial charge in [0.1, 0.15) is 0 Å². The summed E-state index contributed by atoms with van der Waals surface area (Å²) in [5.74, 6) is 0. The van der Waals surface area contributed by atoms with Gasteiger partial charge in [-0.05, 0) is 33.2 Å². The summed E-state index contributed by atoms with van der Waals surface area (Å²) in [6.07, 6.45) is 5.78. The second-order valence-corrected chi connectivity index (χ2v) is 4.53. The zero-order chi connectivity index (χ0) is 12.0. The van der Waals surface area contributed by atoms with Crippen LogP contribution in [-0.2, 0) is 6.54 Å². The lowest BCUT2D eigenvalue weighted by Gasteiger charge is -2.09. The summed E-state index contributed by atoms with van der Waals surface area (Å²) in [6.45, 7) is 10.8. The lowest BCUT2D eigenvalue weighted by atomic mass is 10.2. The van der Waals surface area contributed by atoms with Gasteiger partial charge in [0, 0.05) is 24.3 Å². The number of rotatable bonds is 7. The van der Waals surface area contributed by atoms with E-state index in [1.54, 1.807) is 0 Å². The van der Waals surface area contributed by atoms with Crippen LogP contribution in [0.1, 0.15) is 57.3 Å². The summed E-state index contributed by atoms with van der Waals surface area (Å²) in [4.78, 5) is 0. The van der Waals surface area contributed by atoms with E-state index in [0.29, 0.717) is 6.04 Å². The van der Waals surface area contributed by atoms with Crippen molar-refractivity contribution >= 4 is 0 Å². The SMILES string of the molecule is CCCNCc1cn(C(C)CCC)nc1C. The summed E-state index contributed by atoms with van der Waals surface area (Å²) in [7, 11) is 0. The van der Waals surface area contributed by atoms with Gasteiger partial charge >= 0.3 is 0 Å². The second kappa shape index (κ2) is 6.69. The number of hydrogen-bond donors (Lipinski definition) is 1. The maximum absolute atomic E-state index is 4.58. The van der Waals surface area contributed by atoms with Gasteiger partial charge in [-0.25, -0.2) is 0 Å². The molecule has 0 radical (unpaired) electrons. The highest BCUT2D eigenvalue weighted by Gasteiger charge is 2.08. The molecule has 92 valence electrons. The van der Waals surface area contributed by atoms with Crippen molar-refractivity contribution < 1.29 is 0 Å². The van der Waals surface area contributed by atoms with Crippen LogP contribution in [0.25, 0.3) is 0 Å². The van der Waals surface area contributed by atoms with Gasteiger partial charge in [-0.3, -0.25) is 4.68 Å². The number of aryl methyl sites for hydroxylation is 1. The minimum absolute atomic E-state index is 0.517. The first-order valence-electron chi connectivity index (χ1n) is 6.44. The first kappa shape index (κ1) is 13.2. The van der Waals surface area contributed by atoms with Crippen molar-refractivity contribution in [2.24, 2.45) is 0 Å². The summed E-state index contributed by atoms with van der Waals surface area (Å²) < 4.78 is 2.11. The fraction of sp³-hybridized carbons (Fsp3) is 0.769. The van der Waals surface area contributed by atoms with Gasteiger partial charge in [-0.15, -0.1) is 0 Å². The van der Waals surface area contributed by atoms with Gasteiger partial charge in [-0.1, -0.05) is 20.3 Å². The number of hydrogen-bond acceptors (Lipinski definition) is 2. The van der Waals surface area contributed by atoms with Gasteiger partial charge in [0.05, 0.1) is 5.69 Å². The minimum atomic E-state index is 0.517. The molecule has 1 heterocycles. The van der Waals surface area contributed by atoms with Crippen LogP contribution in [0.2, 0.25) is 0 Å². The third kappa shape index (κ3) is 3.63. The predicted octanol–water partition coefficient (Wildman–Crippen LogP) is 3.05. The Kier molecular flexibility index (Phi) is 5.53. The molecule has 1 aromatic rings. The van der Waals surface area contributed by atoms with Crippen LogP contribution in [-0.4, -0.2) is 16.3 Å². The fourth-order valence-electron chi connectivity index (χ4n) is 1.87. The summed E-state index contributed by atoms with van der Waals surface area (Å²) in [6, 6.07) is 0.517. The van der Waals surface area contributed by atoms with Crippen LogP contribution >= 0.6 is 0 Å². The Hall–Kier alpha value is -0.830. The van der Waals surface area contributed by atoms with Crippen molar-refractivity contribution in [2.75, 3.05) is 6.54 Å². The lowest BCUT2D eigenvalue weighted by Crippen LogP contribution is -2.14. The molecule has 0 saturated heterocycles. The van der Waals surface area contributed by atoms with E-state index in [9.17, 15) is 0 Å². The van der Waals surface area contributed by atoms with Gasteiger partial charge < -0.3 is 5.32 Å². The van der Waals surface area contributed by atoms with Gasteiger partial charge in [0.15, 0.2) is 0 Å². The van der Waals surface area contributed by atoms with Gasteiger partial charge in [-0.2, -0.15) is 5.10 Å². The smallest absolute Gasteiger partial charge is 0.0638 e. The zero-order valence-corrected chi connectivity index (χ0v) is 11.1. The first-order chi connectivity index (χ1) is 7.69. The van der Waals surface area contributed by atoms with Crippen LogP contribution in [0.3, 0.4) is 0 Å². The van der Waals surface area contributed by atoms with Crippen molar-refractivity contribution in [1.82, 2.24) is 15.1 Å². The molecule has 1 unspecified atom stereocenters. The quantitative estimate of drug-likeness (QED) is 0.720. The monoisotopic (exact) mass is 223 g/mol. The Morgan fingerprint density at radius 3 is 2.75 bits per heavy atom. The zero-order valence-electron chi connectivity index (χ0n) is 11.1. The molecule has 0 amide bonds. The fourth-order valence-corrected chi connectivity index (χ4v) is 1.87. The maximum Gasteiger partial charge on any atom is 0.0638 e. The molecular formula is C13H25N3. The number of aromatic nitrogens is 2. The second-order valence-electron chi connectivity index (χ2n) is 4.53. The summed E-state index contributed by atoms with van der Waals surface area (Å²) >= 11 is 0. The maximum atomic E-state index is 4.58. The van der Waals surface area contributed by atoms with Crippen molar-refractivity contribution in [3.8, 4) is 0 Å². The summed E-state index contributed by atoms with van der Waals surface area (Å²) in [5, 5.41) is 8.01. The Bertz CT molecular complexity index is 304. The summed E-state index contributed by atoms with van der Waals surface area (Å²) in [5.41, 5.74) is 2.49. The van der Waals surface area contributed by atoms with Crippen molar-refractivity contribution in [3.05, 3.63) is 17.5 Å². The van der Waals surface area contributed by atoms with Crippen LogP contribution in [0.5, 0.6) is 0 Å². The molecule has 16 heavy (non-hydrogen) atoms. The van der Waals surface area contributed by atoms with Crippen LogP contribution < -0.4 is 5.32 Å². The molecule has 0 aliphatic heterocycles. The Labute approximate surface area is 99.2 Å². The molecule has 0 aliphatic carbocycles. The predicted molar refractivity (Wildman–Crippen MR) is 68.6 cm³/mol. The van der Waals surface area contributed by atoms with Crippen molar-refractivity contribution in [1.29, 1.82) is 0 Å². The van der Waals surface area contributed by atoms with E-state index in [4.69, 9.17) is 0 Å². The molecule has 0 fully saturated rings. The molecule has 3 nitrogen and oxygen atoms in total. The first-order valence-corrected chi connectivity index (χ1v) is 6.44. The standard InChI is InChI=1S/C13H25N3/c1-5-7-11(3)16-10-13(12(4)15-16)9-14-8-6-2/h10-11,14H,5-9H2,1-4H3. The molecule has 0 spiro atoms. The number of nitrogens with one attached hydrogen (secondary N) is 1. The average Bonchev–Trinajstić information content (AvgIpc) is 2.61.